The summed E-state index contributed by atoms with van der Waals surface area (Å²) in [5.41, 5.74) is 0.735. The first kappa shape index (κ1) is 8.99. The Morgan fingerprint density at radius 3 is 2.83 bits per heavy atom. The van der Waals surface area contributed by atoms with Gasteiger partial charge in [-0.05, 0) is 6.92 Å². The van der Waals surface area contributed by atoms with E-state index in [0.717, 1.165) is 10.6 Å². The highest BCUT2D eigenvalue weighted by atomic mass is 32.1. The monoisotopic (exact) mass is 187 g/mol. The number of carbonyl (C=O) groups is 1. The van der Waals surface area contributed by atoms with Crippen LogP contribution >= 0.6 is 11.3 Å². The first-order valence-corrected chi connectivity index (χ1v) is 4.17. The first-order valence-electron chi connectivity index (χ1n) is 3.35. The number of aryl methyl sites for hydroxylation is 1. The number of nitrogens with zero attached hydrogens (tertiary/aromatic N) is 1. The number of thiazole rings is 1. The Kier molecular flexibility index (Phi) is 2.65. The SMILES string of the molecule is COc1nc(C)c(CC(=O)O)s1. The lowest BCUT2D eigenvalue weighted by Gasteiger charge is -1.89. The summed E-state index contributed by atoms with van der Waals surface area (Å²) < 4.78 is 4.87. The van der Waals surface area contributed by atoms with Crippen molar-refractivity contribution in [3.63, 3.8) is 0 Å². The molecule has 0 radical (unpaired) electrons. The second-order valence-corrected chi connectivity index (χ2v) is 3.31. The number of carboxylic acid groups (broad SMARTS) is 1. The highest BCUT2D eigenvalue weighted by Crippen LogP contribution is 2.24. The van der Waals surface area contributed by atoms with Crippen LogP contribution in [0.15, 0.2) is 0 Å². The summed E-state index contributed by atoms with van der Waals surface area (Å²) >= 11 is 1.27. The molecule has 0 spiro atoms. The van der Waals surface area contributed by atoms with Gasteiger partial charge in [0.2, 0.25) is 0 Å². The standard InChI is InChI=1S/C7H9NO3S/c1-4-5(3-6(9)10)12-7(8-4)11-2/h3H2,1-2H3,(H,9,10). The Balaban J connectivity index is 2.84. The van der Waals surface area contributed by atoms with Gasteiger partial charge in [0.15, 0.2) is 0 Å². The van der Waals surface area contributed by atoms with Crippen molar-refractivity contribution < 1.29 is 14.6 Å². The van der Waals surface area contributed by atoms with E-state index in [1.165, 1.54) is 18.4 Å². The van der Waals surface area contributed by atoms with Gasteiger partial charge in [0.05, 0.1) is 19.2 Å². The van der Waals surface area contributed by atoms with Gasteiger partial charge in [-0.25, -0.2) is 4.98 Å². The van der Waals surface area contributed by atoms with E-state index in [1.54, 1.807) is 6.92 Å². The van der Waals surface area contributed by atoms with Crippen molar-refractivity contribution in [3.8, 4) is 5.19 Å². The zero-order valence-electron chi connectivity index (χ0n) is 6.83. The van der Waals surface area contributed by atoms with Gasteiger partial charge in [-0.2, -0.15) is 0 Å². The molecule has 4 nitrogen and oxygen atoms in total. The second kappa shape index (κ2) is 3.53. The van der Waals surface area contributed by atoms with Crippen LogP contribution in [0.4, 0.5) is 0 Å². The Hall–Kier alpha value is -1.10. The van der Waals surface area contributed by atoms with Crippen molar-refractivity contribution in [1.29, 1.82) is 0 Å². The number of hydrogen-bond acceptors (Lipinski definition) is 4. The summed E-state index contributed by atoms with van der Waals surface area (Å²) in [5, 5.41) is 9.03. The third-order valence-corrected chi connectivity index (χ3v) is 2.48. The lowest BCUT2D eigenvalue weighted by molar-refractivity contribution is -0.136. The quantitative estimate of drug-likeness (QED) is 0.769. The van der Waals surface area contributed by atoms with Gasteiger partial charge in [0.1, 0.15) is 0 Å². The van der Waals surface area contributed by atoms with Crippen molar-refractivity contribution in [1.82, 2.24) is 4.98 Å². The van der Waals surface area contributed by atoms with Gasteiger partial charge < -0.3 is 9.84 Å². The molecule has 0 unspecified atom stereocenters. The predicted octanol–water partition coefficient (Wildman–Crippen LogP) is 1.09. The molecule has 5 heteroatoms. The van der Waals surface area contributed by atoms with Gasteiger partial charge in [-0.15, -0.1) is 0 Å². The summed E-state index contributed by atoms with van der Waals surface area (Å²) in [6.45, 7) is 1.78. The third-order valence-electron chi connectivity index (χ3n) is 1.36. The molecule has 0 aliphatic carbocycles. The minimum absolute atomic E-state index is 0.0207. The lowest BCUT2D eigenvalue weighted by atomic mass is 10.3. The average molecular weight is 187 g/mol. The molecule has 1 heterocycles. The van der Waals surface area contributed by atoms with Crippen LogP contribution in [0, 0.1) is 6.92 Å². The van der Waals surface area contributed by atoms with E-state index in [1.807, 2.05) is 0 Å². The normalized spacial score (nSPS) is 9.83. The van der Waals surface area contributed by atoms with E-state index >= 15 is 0 Å². The zero-order valence-corrected chi connectivity index (χ0v) is 7.64. The summed E-state index contributed by atoms with van der Waals surface area (Å²) in [7, 11) is 1.52. The van der Waals surface area contributed by atoms with E-state index in [0.29, 0.717) is 5.19 Å². The topological polar surface area (TPSA) is 59.4 Å². The fraction of sp³-hybridized carbons (Fsp3) is 0.429. The van der Waals surface area contributed by atoms with Crippen LogP contribution < -0.4 is 4.74 Å². The van der Waals surface area contributed by atoms with Crippen LogP contribution in [0.1, 0.15) is 10.6 Å². The van der Waals surface area contributed by atoms with Gasteiger partial charge in [-0.3, -0.25) is 4.79 Å². The van der Waals surface area contributed by atoms with Crippen LogP contribution in [-0.4, -0.2) is 23.2 Å². The molecule has 12 heavy (non-hydrogen) atoms. The smallest absolute Gasteiger partial charge is 0.308 e. The van der Waals surface area contributed by atoms with E-state index < -0.39 is 5.97 Å². The Morgan fingerprint density at radius 1 is 1.75 bits per heavy atom. The number of carboxylic acids is 1. The molecule has 0 bridgehead atoms. The van der Waals surface area contributed by atoms with Gasteiger partial charge in [0, 0.05) is 4.88 Å². The van der Waals surface area contributed by atoms with E-state index in [-0.39, 0.29) is 6.42 Å². The number of rotatable bonds is 3. The van der Waals surface area contributed by atoms with E-state index in [4.69, 9.17) is 9.84 Å². The van der Waals surface area contributed by atoms with E-state index in [9.17, 15) is 4.79 Å². The van der Waals surface area contributed by atoms with Crippen LogP contribution in [0.2, 0.25) is 0 Å². The lowest BCUT2D eigenvalue weighted by Crippen LogP contribution is -1.99. The van der Waals surface area contributed by atoms with Crippen molar-refractivity contribution in [2.24, 2.45) is 0 Å². The number of methoxy groups -OCH3 is 1. The maximum Gasteiger partial charge on any atom is 0.308 e. The molecule has 1 aromatic rings. The largest absolute Gasteiger partial charge is 0.481 e. The number of aromatic nitrogens is 1. The average Bonchev–Trinajstić information content (AvgIpc) is 2.31. The molecule has 1 aromatic heterocycles. The molecular formula is C7H9NO3S. The molecule has 0 saturated heterocycles. The Bertz CT molecular complexity index is 295. The highest BCUT2D eigenvalue weighted by molar-refractivity contribution is 7.13. The number of ether oxygens (including phenoxy) is 1. The minimum atomic E-state index is -0.843. The van der Waals surface area contributed by atoms with Crippen LogP contribution in [-0.2, 0) is 11.2 Å². The molecule has 1 rings (SSSR count). The molecular weight excluding hydrogens is 178 g/mol. The first-order chi connectivity index (χ1) is 5.63. The highest BCUT2D eigenvalue weighted by Gasteiger charge is 2.10. The molecule has 0 fully saturated rings. The molecule has 0 saturated carbocycles. The molecule has 0 aliphatic rings. The van der Waals surface area contributed by atoms with Crippen LogP contribution in [0.25, 0.3) is 0 Å². The minimum Gasteiger partial charge on any atom is -0.481 e. The Labute approximate surface area is 73.8 Å². The fourth-order valence-electron chi connectivity index (χ4n) is 0.790. The molecule has 0 aliphatic heterocycles. The van der Waals surface area contributed by atoms with Crippen LogP contribution in [0.3, 0.4) is 0 Å². The van der Waals surface area contributed by atoms with Crippen molar-refractivity contribution in [2.45, 2.75) is 13.3 Å². The van der Waals surface area contributed by atoms with Crippen molar-refractivity contribution >= 4 is 17.3 Å². The molecule has 0 amide bonds. The zero-order chi connectivity index (χ0) is 9.14. The molecule has 0 aromatic carbocycles. The summed E-state index contributed by atoms with van der Waals surface area (Å²) in [4.78, 5) is 15.1. The predicted molar refractivity (Wildman–Crippen MR) is 44.7 cm³/mol. The summed E-state index contributed by atoms with van der Waals surface area (Å²) in [6, 6.07) is 0. The van der Waals surface area contributed by atoms with Gasteiger partial charge >= 0.3 is 5.97 Å². The fourth-order valence-corrected chi connectivity index (χ4v) is 1.66. The van der Waals surface area contributed by atoms with E-state index in [2.05, 4.69) is 4.98 Å². The van der Waals surface area contributed by atoms with Crippen molar-refractivity contribution in [2.75, 3.05) is 7.11 Å². The Morgan fingerprint density at radius 2 is 2.42 bits per heavy atom. The van der Waals surface area contributed by atoms with Gasteiger partial charge in [-0.1, -0.05) is 11.3 Å². The van der Waals surface area contributed by atoms with Crippen LogP contribution in [0.5, 0.6) is 5.19 Å². The maximum absolute atomic E-state index is 10.4. The van der Waals surface area contributed by atoms with Crippen molar-refractivity contribution in [3.05, 3.63) is 10.6 Å². The number of aliphatic carboxylic acids is 1. The summed E-state index contributed by atoms with van der Waals surface area (Å²) in [5.74, 6) is -0.843. The molecule has 66 valence electrons. The third kappa shape index (κ3) is 1.94. The summed E-state index contributed by atoms with van der Waals surface area (Å²) in [6.07, 6.45) is 0.0207. The second-order valence-electron chi connectivity index (χ2n) is 2.26. The maximum atomic E-state index is 10.4. The molecule has 1 N–H and O–H groups in total. The van der Waals surface area contributed by atoms with Gasteiger partial charge in [0.25, 0.3) is 5.19 Å². The number of hydrogen-bond donors (Lipinski definition) is 1. The molecule has 0 atom stereocenters.